The molecule has 1 aromatic carbocycles. The number of hydrogen-bond donors (Lipinski definition) is 1. The van der Waals surface area contributed by atoms with Gasteiger partial charge in [0, 0.05) is 12.1 Å². The van der Waals surface area contributed by atoms with Gasteiger partial charge in [-0.1, -0.05) is 6.07 Å². The maximum Gasteiger partial charge on any atom is 0.416 e. The molecule has 0 radical (unpaired) electrons. The van der Waals surface area contributed by atoms with Gasteiger partial charge in [0.25, 0.3) is 5.91 Å². The standard InChI is InChI=1S/C14H13F3N4O3/c1-9-7-12(21(23)24)19-20(9)6-5-18-13(22)10-3-2-4-11(8-10)14(15,16)17/h2-4,7-8H,5-6H2,1H3,(H,18,22). The Morgan fingerprint density at radius 1 is 1.38 bits per heavy atom. The van der Waals surface area contributed by atoms with Crippen LogP contribution in [0.4, 0.5) is 19.0 Å². The van der Waals surface area contributed by atoms with Gasteiger partial charge in [-0.3, -0.25) is 4.79 Å². The number of aromatic nitrogens is 2. The highest BCUT2D eigenvalue weighted by atomic mass is 19.4. The lowest BCUT2D eigenvalue weighted by atomic mass is 10.1. The number of benzene rings is 1. The Morgan fingerprint density at radius 2 is 2.08 bits per heavy atom. The second kappa shape index (κ2) is 6.69. The fourth-order valence-electron chi connectivity index (χ4n) is 2.02. The van der Waals surface area contributed by atoms with Gasteiger partial charge in [0.2, 0.25) is 0 Å². The topological polar surface area (TPSA) is 90.1 Å². The van der Waals surface area contributed by atoms with Crippen molar-refractivity contribution >= 4 is 11.7 Å². The number of aryl methyl sites for hydroxylation is 1. The molecule has 1 aromatic heterocycles. The first-order chi connectivity index (χ1) is 11.2. The Kier molecular flexibility index (Phi) is 4.86. The molecule has 0 atom stereocenters. The van der Waals surface area contributed by atoms with E-state index in [2.05, 4.69) is 10.4 Å². The van der Waals surface area contributed by atoms with Crippen LogP contribution in [0.25, 0.3) is 0 Å². The number of alkyl halides is 3. The predicted molar refractivity (Wildman–Crippen MR) is 77.4 cm³/mol. The summed E-state index contributed by atoms with van der Waals surface area (Å²) in [6.07, 6.45) is -4.53. The van der Waals surface area contributed by atoms with Crippen molar-refractivity contribution in [2.75, 3.05) is 6.54 Å². The number of carbonyl (C=O) groups excluding carboxylic acids is 1. The predicted octanol–water partition coefficient (Wildman–Crippen LogP) is 2.55. The van der Waals surface area contributed by atoms with Crippen LogP contribution < -0.4 is 5.32 Å². The summed E-state index contributed by atoms with van der Waals surface area (Å²) in [5, 5.41) is 16.8. The highest BCUT2D eigenvalue weighted by molar-refractivity contribution is 5.94. The highest BCUT2D eigenvalue weighted by Crippen LogP contribution is 2.29. The van der Waals surface area contributed by atoms with Gasteiger partial charge in [0.05, 0.1) is 29.0 Å². The largest absolute Gasteiger partial charge is 0.416 e. The second-order valence-corrected chi connectivity index (χ2v) is 4.96. The molecule has 1 N–H and O–H groups in total. The van der Waals surface area contributed by atoms with E-state index in [-0.39, 0.29) is 24.5 Å². The van der Waals surface area contributed by atoms with E-state index in [9.17, 15) is 28.1 Å². The molecule has 1 amide bonds. The van der Waals surface area contributed by atoms with E-state index in [1.54, 1.807) is 6.92 Å². The van der Waals surface area contributed by atoms with E-state index in [4.69, 9.17) is 0 Å². The maximum atomic E-state index is 12.6. The SMILES string of the molecule is Cc1cc([N+](=O)[O-])nn1CCNC(=O)c1cccc(C(F)(F)F)c1. The number of hydrogen-bond acceptors (Lipinski definition) is 4. The maximum absolute atomic E-state index is 12.6. The lowest BCUT2D eigenvalue weighted by molar-refractivity contribution is -0.389. The molecule has 0 unspecified atom stereocenters. The van der Waals surface area contributed by atoms with Crippen LogP contribution in [0.2, 0.25) is 0 Å². The van der Waals surface area contributed by atoms with E-state index < -0.39 is 22.6 Å². The highest BCUT2D eigenvalue weighted by Gasteiger charge is 2.30. The van der Waals surface area contributed by atoms with Gasteiger partial charge in [0.15, 0.2) is 0 Å². The molecule has 1 heterocycles. The van der Waals surface area contributed by atoms with E-state index in [1.807, 2.05) is 0 Å². The van der Waals surface area contributed by atoms with Crippen molar-refractivity contribution in [3.05, 3.63) is 57.3 Å². The first kappa shape index (κ1) is 17.4. The van der Waals surface area contributed by atoms with Gasteiger partial charge in [-0.15, -0.1) is 0 Å². The third kappa shape index (κ3) is 4.09. The number of nitrogens with one attached hydrogen (secondary N) is 1. The van der Waals surface area contributed by atoms with Crippen LogP contribution in [0, 0.1) is 17.0 Å². The van der Waals surface area contributed by atoms with Gasteiger partial charge in [-0.2, -0.15) is 17.9 Å². The number of halogens is 3. The molecule has 10 heteroatoms. The first-order valence-corrected chi connectivity index (χ1v) is 6.83. The summed E-state index contributed by atoms with van der Waals surface area (Å²) in [6.45, 7) is 1.84. The zero-order chi connectivity index (χ0) is 17.9. The number of amides is 1. The average molecular weight is 342 g/mol. The summed E-state index contributed by atoms with van der Waals surface area (Å²) >= 11 is 0. The summed E-state index contributed by atoms with van der Waals surface area (Å²) in [7, 11) is 0. The van der Waals surface area contributed by atoms with Crippen molar-refractivity contribution in [3.8, 4) is 0 Å². The Labute approximate surface area is 134 Å². The summed E-state index contributed by atoms with van der Waals surface area (Å²) in [4.78, 5) is 21.9. The number of rotatable bonds is 5. The Hall–Kier alpha value is -2.91. The summed E-state index contributed by atoms with van der Waals surface area (Å²) in [5.41, 5.74) is -0.489. The Bertz CT molecular complexity index is 771. The smallest absolute Gasteiger partial charge is 0.358 e. The van der Waals surface area contributed by atoms with Crippen molar-refractivity contribution in [3.63, 3.8) is 0 Å². The normalized spacial score (nSPS) is 11.3. The summed E-state index contributed by atoms with van der Waals surface area (Å²) in [6, 6.07) is 5.35. The zero-order valence-electron chi connectivity index (χ0n) is 12.5. The number of nitrogens with zero attached hydrogens (tertiary/aromatic N) is 3. The molecule has 128 valence electrons. The molecular weight excluding hydrogens is 329 g/mol. The molecule has 0 spiro atoms. The monoisotopic (exact) mass is 342 g/mol. The molecule has 0 fully saturated rings. The molecule has 0 aliphatic rings. The summed E-state index contributed by atoms with van der Waals surface area (Å²) < 4.78 is 39.2. The van der Waals surface area contributed by atoms with Crippen LogP contribution in [0.3, 0.4) is 0 Å². The molecule has 0 bridgehead atoms. The van der Waals surface area contributed by atoms with Gasteiger partial charge in [0.1, 0.15) is 0 Å². The van der Waals surface area contributed by atoms with Crippen LogP contribution in [-0.4, -0.2) is 27.2 Å². The molecule has 2 rings (SSSR count). The van der Waals surface area contributed by atoms with Crippen molar-refractivity contribution in [1.29, 1.82) is 0 Å². The molecule has 7 nitrogen and oxygen atoms in total. The molecule has 2 aromatic rings. The van der Waals surface area contributed by atoms with Crippen molar-refractivity contribution in [2.24, 2.45) is 0 Å². The Balaban J connectivity index is 1.98. The van der Waals surface area contributed by atoms with E-state index in [0.717, 1.165) is 18.2 Å². The van der Waals surface area contributed by atoms with Crippen LogP contribution in [-0.2, 0) is 12.7 Å². The lowest BCUT2D eigenvalue weighted by Gasteiger charge is -2.09. The minimum atomic E-state index is -4.53. The summed E-state index contributed by atoms with van der Waals surface area (Å²) in [5.74, 6) is -0.975. The van der Waals surface area contributed by atoms with Gasteiger partial charge in [-0.25, -0.2) is 0 Å². The molecule has 24 heavy (non-hydrogen) atoms. The molecule has 0 aliphatic heterocycles. The minimum absolute atomic E-state index is 0.0642. The number of carbonyl (C=O) groups is 1. The lowest BCUT2D eigenvalue weighted by Crippen LogP contribution is -2.28. The number of nitro groups is 1. The quantitative estimate of drug-likeness (QED) is 0.668. The second-order valence-electron chi connectivity index (χ2n) is 4.96. The van der Waals surface area contributed by atoms with Gasteiger partial charge >= 0.3 is 12.0 Å². The van der Waals surface area contributed by atoms with Gasteiger partial charge in [-0.05, 0) is 30.0 Å². The third-order valence-corrected chi connectivity index (χ3v) is 3.22. The van der Waals surface area contributed by atoms with Crippen LogP contribution in [0.15, 0.2) is 30.3 Å². The molecule has 0 aliphatic carbocycles. The van der Waals surface area contributed by atoms with Crippen molar-refractivity contribution < 1.29 is 22.9 Å². The van der Waals surface area contributed by atoms with E-state index in [0.29, 0.717) is 5.69 Å². The van der Waals surface area contributed by atoms with Crippen LogP contribution in [0.5, 0.6) is 0 Å². The minimum Gasteiger partial charge on any atom is -0.358 e. The van der Waals surface area contributed by atoms with E-state index in [1.165, 1.54) is 16.8 Å². The van der Waals surface area contributed by atoms with Gasteiger partial charge < -0.3 is 15.4 Å². The Morgan fingerprint density at radius 3 is 2.67 bits per heavy atom. The third-order valence-electron chi connectivity index (χ3n) is 3.22. The van der Waals surface area contributed by atoms with Crippen molar-refractivity contribution in [1.82, 2.24) is 15.1 Å². The fraction of sp³-hybridized carbons (Fsp3) is 0.286. The molecular formula is C14H13F3N4O3. The molecule has 0 saturated heterocycles. The average Bonchev–Trinajstić information content (AvgIpc) is 2.88. The van der Waals surface area contributed by atoms with Crippen LogP contribution in [0.1, 0.15) is 21.6 Å². The molecule has 0 saturated carbocycles. The van der Waals surface area contributed by atoms with Crippen molar-refractivity contribution in [2.45, 2.75) is 19.6 Å². The first-order valence-electron chi connectivity index (χ1n) is 6.83. The van der Waals surface area contributed by atoms with E-state index >= 15 is 0 Å². The van der Waals surface area contributed by atoms with Crippen LogP contribution >= 0.6 is 0 Å². The fourth-order valence-corrected chi connectivity index (χ4v) is 2.02. The zero-order valence-corrected chi connectivity index (χ0v) is 12.5.